The summed E-state index contributed by atoms with van der Waals surface area (Å²) in [7, 11) is -3.63. The van der Waals surface area contributed by atoms with Gasteiger partial charge < -0.3 is 4.90 Å². The van der Waals surface area contributed by atoms with E-state index in [-0.39, 0.29) is 10.9 Å². The minimum Gasteiger partial charge on any atom is -0.365 e. The third kappa shape index (κ3) is 4.29. The molecule has 4 rings (SSSR count). The normalized spacial score (nSPS) is 16.1. The maximum atomic E-state index is 12.8. The number of anilines is 1. The molecule has 6 nitrogen and oxygen atoms in total. The average molecular weight is 404 g/mol. The lowest BCUT2D eigenvalue weighted by Gasteiger charge is -2.36. The van der Waals surface area contributed by atoms with Crippen molar-refractivity contribution < 1.29 is 8.42 Å². The molecule has 1 atom stereocenters. The van der Waals surface area contributed by atoms with Crippen LogP contribution in [0.25, 0.3) is 0 Å². The van der Waals surface area contributed by atoms with Crippen LogP contribution in [0.15, 0.2) is 78.0 Å². The van der Waals surface area contributed by atoms with Gasteiger partial charge in [-0.3, -0.25) is 4.98 Å². The van der Waals surface area contributed by atoms with Gasteiger partial charge in [0.15, 0.2) is 0 Å². The van der Waals surface area contributed by atoms with Gasteiger partial charge in [-0.2, -0.15) is 5.26 Å². The Hall–Kier alpha value is -3.21. The summed E-state index contributed by atoms with van der Waals surface area (Å²) in [5.41, 5.74) is 3.64. The van der Waals surface area contributed by atoms with Crippen molar-refractivity contribution in [2.45, 2.75) is 23.9 Å². The third-order valence-electron chi connectivity index (χ3n) is 4.95. The maximum Gasteiger partial charge on any atom is 0.240 e. The highest BCUT2D eigenvalue weighted by Gasteiger charge is 2.28. The lowest BCUT2D eigenvalue weighted by atomic mass is 9.96. The fourth-order valence-electron chi connectivity index (χ4n) is 3.65. The summed E-state index contributed by atoms with van der Waals surface area (Å²) < 4.78 is 28.5. The molecule has 7 heteroatoms. The van der Waals surface area contributed by atoms with E-state index in [1.807, 2.05) is 24.3 Å². The van der Waals surface area contributed by atoms with Crippen LogP contribution in [0.1, 0.15) is 16.7 Å². The summed E-state index contributed by atoms with van der Waals surface area (Å²) in [5.74, 6) is 0. The zero-order valence-electron chi connectivity index (χ0n) is 15.7. The second-order valence-electron chi connectivity index (χ2n) is 7.03. The van der Waals surface area contributed by atoms with Crippen LogP contribution in [0.3, 0.4) is 0 Å². The largest absolute Gasteiger partial charge is 0.365 e. The molecule has 0 bridgehead atoms. The first-order chi connectivity index (χ1) is 14.0. The quantitative estimate of drug-likeness (QED) is 0.707. The summed E-state index contributed by atoms with van der Waals surface area (Å²) in [6.07, 6.45) is 4.02. The topological polar surface area (TPSA) is 86.1 Å². The van der Waals surface area contributed by atoms with Crippen LogP contribution in [0.4, 0.5) is 5.69 Å². The third-order valence-corrected chi connectivity index (χ3v) is 6.49. The number of benzene rings is 2. The van der Waals surface area contributed by atoms with Crippen LogP contribution in [0, 0.1) is 11.3 Å². The van der Waals surface area contributed by atoms with Gasteiger partial charge in [-0.05, 0) is 60.0 Å². The number of hydrogen-bond donors (Lipinski definition) is 1. The Bertz CT molecular complexity index is 1140. The van der Waals surface area contributed by atoms with Crippen molar-refractivity contribution in [3.05, 3.63) is 89.7 Å². The number of aromatic nitrogens is 1. The molecule has 1 aromatic heterocycles. The Morgan fingerprint density at radius 3 is 2.59 bits per heavy atom. The van der Waals surface area contributed by atoms with Crippen molar-refractivity contribution in [2.24, 2.45) is 0 Å². The van der Waals surface area contributed by atoms with E-state index in [1.54, 1.807) is 48.8 Å². The van der Waals surface area contributed by atoms with Gasteiger partial charge in [-0.15, -0.1) is 0 Å². The molecule has 29 heavy (non-hydrogen) atoms. The molecule has 3 aromatic rings. The second kappa shape index (κ2) is 8.03. The van der Waals surface area contributed by atoms with Crippen molar-refractivity contribution in [3.63, 3.8) is 0 Å². The van der Waals surface area contributed by atoms with Gasteiger partial charge in [-0.25, -0.2) is 13.1 Å². The van der Waals surface area contributed by atoms with Crippen molar-refractivity contribution >= 4 is 15.7 Å². The van der Waals surface area contributed by atoms with E-state index in [1.165, 1.54) is 0 Å². The zero-order valence-corrected chi connectivity index (χ0v) is 16.5. The fraction of sp³-hybridized carbons (Fsp3) is 0.182. The van der Waals surface area contributed by atoms with E-state index in [4.69, 9.17) is 0 Å². The van der Waals surface area contributed by atoms with Crippen molar-refractivity contribution in [1.29, 1.82) is 5.26 Å². The molecular formula is C22H20N4O2S. The molecule has 2 aromatic carbocycles. The van der Waals surface area contributed by atoms with Gasteiger partial charge in [-0.1, -0.05) is 18.2 Å². The zero-order chi connectivity index (χ0) is 20.3. The Morgan fingerprint density at radius 2 is 1.86 bits per heavy atom. The predicted molar refractivity (Wildman–Crippen MR) is 111 cm³/mol. The molecule has 0 unspecified atom stereocenters. The molecule has 0 aliphatic carbocycles. The monoisotopic (exact) mass is 404 g/mol. The number of hydrogen-bond acceptors (Lipinski definition) is 5. The smallest absolute Gasteiger partial charge is 0.240 e. The minimum absolute atomic E-state index is 0.247. The summed E-state index contributed by atoms with van der Waals surface area (Å²) in [4.78, 5) is 6.45. The Kier molecular flexibility index (Phi) is 5.30. The van der Waals surface area contributed by atoms with Gasteiger partial charge in [0.1, 0.15) is 0 Å². The van der Waals surface area contributed by atoms with E-state index < -0.39 is 10.0 Å². The highest BCUT2D eigenvalue weighted by molar-refractivity contribution is 7.89. The molecule has 0 spiro atoms. The standard InChI is InChI=1S/C22H20N4O2S/c23-14-18-6-7-22-19(12-18)13-20(16-26(22)15-17-8-10-24-11-9-17)25-29(27,28)21-4-2-1-3-5-21/h1-12,20,25H,13,15-16H2/t20-/m0/s1. The molecule has 1 aliphatic rings. The first-order valence-corrected chi connectivity index (χ1v) is 10.8. The highest BCUT2D eigenvalue weighted by atomic mass is 32.2. The first kappa shape index (κ1) is 19.1. The van der Waals surface area contributed by atoms with E-state index in [2.05, 4.69) is 20.7 Å². The van der Waals surface area contributed by atoms with Crippen molar-refractivity contribution in [2.75, 3.05) is 11.4 Å². The summed E-state index contributed by atoms with van der Waals surface area (Å²) in [6, 6.07) is 19.7. The molecular weight excluding hydrogens is 384 g/mol. The van der Waals surface area contributed by atoms with Crippen LogP contribution < -0.4 is 9.62 Å². The van der Waals surface area contributed by atoms with Crippen LogP contribution in [-0.4, -0.2) is 26.0 Å². The SMILES string of the molecule is N#Cc1ccc2c(c1)C[C@H](NS(=O)(=O)c1ccccc1)CN2Cc1ccncc1. The first-order valence-electron chi connectivity index (χ1n) is 9.29. The van der Waals surface area contributed by atoms with Gasteiger partial charge in [0, 0.05) is 37.2 Å². The molecule has 146 valence electrons. The van der Waals surface area contributed by atoms with Crippen LogP contribution in [0.5, 0.6) is 0 Å². The summed E-state index contributed by atoms with van der Waals surface area (Å²) >= 11 is 0. The van der Waals surface area contributed by atoms with Crippen LogP contribution in [0.2, 0.25) is 0 Å². The molecule has 0 fully saturated rings. The average Bonchev–Trinajstić information content (AvgIpc) is 2.74. The van der Waals surface area contributed by atoms with Gasteiger partial charge in [0.05, 0.1) is 16.5 Å². The lowest BCUT2D eigenvalue weighted by molar-refractivity contribution is 0.524. The number of nitrogens with zero attached hydrogens (tertiary/aromatic N) is 3. The molecule has 2 heterocycles. The molecule has 0 saturated carbocycles. The number of sulfonamides is 1. The Morgan fingerprint density at radius 1 is 1.10 bits per heavy atom. The molecule has 0 amide bonds. The minimum atomic E-state index is -3.63. The Balaban J connectivity index is 1.64. The van der Waals surface area contributed by atoms with E-state index in [0.29, 0.717) is 25.1 Å². The van der Waals surface area contributed by atoms with Crippen LogP contribution >= 0.6 is 0 Å². The predicted octanol–water partition coefficient (Wildman–Crippen LogP) is 2.86. The summed E-state index contributed by atoms with van der Waals surface area (Å²) in [6.45, 7) is 1.16. The molecule has 1 aliphatic heterocycles. The van der Waals surface area contributed by atoms with Gasteiger partial charge >= 0.3 is 0 Å². The van der Waals surface area contributed by atoms with E-state index >= 15 is 0 Å². The van der Waals surface area contributed by atoms with E-state index in [0.717, 1.165) is 16.8 Å². The van der Waals surface area contributed by atoms with Gasteiger partial charge in [0.25, 0.3) is 0 Å². The second-order valence-corrected chi connectivity index (χ2v) is 8.74. The van der Waals surface area contributed by atoms with Crippen molar-refractivity contribution in [3.8, 4) is 6.07 Å². The van der Waals surface area contributed by atoms with Crippen LogP contribution in [-0.2, 0) is 23.0 Å². The number of pyridine rings is 1. The summed E-state index contributed by atoms with van der Waals surface area (Å²) in [5, 5.41) is 9.26. The fourth-order valence-corrected chi connectivity index (χ4v) is 4.89. The molecule has 0 saturated heterocycles. The number of rotatable bonds is 5. The molecule has 1 N–H and O–H groups in total. The van der Waals surface area contributed by atoms with Gasteiger partial charge in [0.2, 0.25) is 10.0 Å². The maximum absolute atomic E-state index is 12.8. The number of nitriles is 1. The molecule has 0 radical (unpaired) electrons. The highest BCUT2D eigenvalue weighted by Crippen LogP contribution is 2.30. The lowest BCUT2D eigenvalue weighted by Crippen LogP contribution is -2.48. The number of nitrogens with one attached hydrogen (secondary N) is 1. The number of fused-ring (bicyclic) bond motifs is 1. The van der Waals surface area contributed by atoms with Crippen molar-refractivity contribution in [1.82, 2.24) is 9.71 Å². The van der Waals surface area contributed by atoms with E-state index in [9.17, 15) is 13.7 Å². The Labute approximate surface area is 170 Å².